The van der Waals surface area contributed by atoms with Crippen molar-refractivity contribution in [2.45, 2.75) is 12.8 Å². The normalized spacial score (nSPS) is 11.6. The quantitative estimate of drug-likeness (QED) is 0.533. The van der Waals surface area contributed by atoms with Crippen LogP contribution in [0.1, 0.15) is 17.0 Å². The number of aryl methyl sites for hydroxylation is 1. The summed E-state index contributed by atoms with van der Waals surface area (Å²) in [5, 5.41) is 2.73. The second kappa shape index (κ2) is 9.04. The molecular weight excluding hydrogens is 419 g/mol. The van der Waals surface area contributed by atoms with Crippen molar-refractivity contribution in [2.75, 3.05) is 5.32 Å². The molecule has 2 aromatic carbocycles. The smallest absolute Gasteiger partial charge is 0.416 e. The van der Waals surface area contributed by atoms with E-state index < -0.39 is 17.6 Å². The average molecular weight is 436 g/mol. The lowest BCUT2D eigenvalue weighted by atomic mass is 10.1. The molecule has 0 unspecified atom stereocenters. The molecule has 0 atom stereocenters. The minimum atomic E-state index is -4.49. The lowest BCUT2D eigenvalue weighted by molar-refractivity contribution is -0.137. The summed E-state index contributed by atoms with van der Waals surface area (Å²) in [5.74, 6) is 0.859. The Morgan fingerprint density at radius 1 is 1.23 bits per heavy atom. The fourth-order valence-corrected chi connectivity index (χ4v) is 2.70. The first-order chi connectivity index (χ1) is 14.2. The molecule has 1 amide bonds. The minimum absolute atomic E-state index is 0.0969. The van der Waals surface area contributed by atoms with E-state index in [1.165, 1.54) is 6.08 Å². The molecule has 1 N–H and O–H groups in total. The maximum atomic E-state index is 12.8. The Kier molecular flexibility index (Phi) is 6.47. The Morgan fingerprint density at radius 2 is 1.97 bits per heavy atom. The highest BCUT2D eigenvalue weighted by Gasteiger charge is 2.30. The topological polar surface area (TPSA) is 56.1 Å². The van der Waals surface area contributed by atoms with Crippen LogP contribution in [0.25, 0.3) is 6.08 Å². The van der Waals surface area contributed by atoms with E-state index in [9.17, 15) is 18.0 Å². The van der Waals surface area contributed by atoms with Crippen LogP contribution >= 0.6 is 11.6 Å². The van der Waals surface area contributed by atoms with Gasteiger partial charge in [-0.1, -0.05) is 11.6 Å². The number of alkyl halides is 3. The van der Waals surface area contributed by atoms with Gasteiger partial charge in [0.1, 0.15) is 18.2 Å². The number of carbonyl (C=O) groups excluding carboxylic acids is 1. The monoisotopic (exact) mass is 435 g/mol. The Hall–Kier alpha value is -3.26. The van der Waals surface area contributed by atoms with Gasteiger partial charge in [-0.25, -0.2) is 4.98 Å². The van der Waals surface area contributed by atoms with Gasteiger partial charge in [-0.2, -0.15) is 13.2 Å². The first-order valence-corrected chi connectivity index (χ1v) is 9.15. The zero-order chi connectivity index (χ0) is 21.7. The van der Waals surface area contributed by atoms with Gasteiger partial charge in [-0.05, 0) is 54.1 Å². The molecule has 0 aliphatic carbocycles. The lowest BCUT2D eigenvalue weighted by Gasteiger charge is -2.08. The van der Waals surface area contributed by atoms with Gasteiger partial charge in [0.2, 0.25) is 5.91 Å². The van der Waals surface area contributed by atoms with Crippen LogP contribution in [0, 0.1) is 0 Å². The number of rotatable bonds is 6. The highest BCUT2D eigenvalue weighted by atomic mass is 35.5. The summed E-state index contributed by atoms with van der Waals surface area (Å²) >= 11 is 5.91. The van der Waals surface area contributed by atoms with Crippen LogP contribution in [-0.2, 0) is 24.6 Å². The van der Waals surface area contributed by atoms with Crippen molar-refractivity contribution in [2.24, 2.45) is 7.05 Å². The third-order valence-electron chi connectivity index (χ3n) is 4.15. The number of amides is 1. The molecule has 0 fully saturated rings. The van der Waals surface area contributed by atoms with Gasteiger partial charge in [0, 0.05) is 36.2 Å². The molecular formula is C21H17ClF3N3O2. The molecule has 30 heavy (non-hydrogen) atoms. The molecule has 3 rings (SSSR count). The molecule has 9 heteroatoms. The summed E-state index contributed by atoms with van der Waals surface area (Å²) in [6, 6.07) is 9.59. The standard InChI is InChI=1S/C21H17ClF3N3O2/c1-28-11-10-26-19(28)13-30-17-6-4-16(5-7-17)27-20(29)9-2-14-12-15(21(23,24)25)3-8-18(14)22/h2-12H,13H2,1H3,(H,27,29). The predicted molar refractivity (Wildman–Crippen MR) is 108 cm³/mol. The highest BCUT2D eigenvalue weighted by Crippen LogP contribution is 2.32. The molecule has 0 aliphatic heterocycles. The molecule has 0 bridgehead atoms. The first kappa shape index (κ1) is 21.4. The number of halogens is 4. The molecule has 0 spiro atoms. The van der Waals surface area contributed by atoms with Crippen molar-refractivity contribution < 1.29 is 22.7 Å². The lowest BCUT2D eigenvalue weighted by Crippen LogP contribution is -2.08. The van der Waals surface area contributed by atoms with E-state index >= 15 is 0 Å². The van der Waals surface area contributed by atoms with Crippen LogP contribution in [0.2, 0.25) is 5.02 Å². The molecule has 1 aromatic heterocycles. The largest absolute Gasteiger partial charge is 0.486 e. The number of imidazole rings is 1. The maximum Gasteiger partial charge on any atom is 0.416 e. The molecule has 5 nitrogen and oxygen atoms in total. The van der Waals surface area contributed by atoms with Gasteiger partial charge in [-0.15, -0.1) is 0 Å². The molecule has 0 radical (unpaired) electrons. The maximum absolute atomic E-state index is 12.8. The van der Waals surface area contributed by atoms with Crippen LogP contribution in [0.4, 0.5) is 18.9 Å². The van der Waals surface area contributed by atoms with E-state index in [2.05, 4.69) is 10.3 Å². The van der Waals surface area contributed by atoms with Crippen LogP contribution in [0.5, 0.6) is 5.75 Å². The molecule has 0 aliphatic rings. The number of aromatic nitrogens is 2. The summed E-state index contributed by atoms with van der Waals surface area (Å²) in [6.45, 7) is 0.301. The van der Waals surface area contributed by atoms with Crippen LogP contribution in [0.3, 0.4) is 0 Å². The SMILES string of the molecule is Cn1ccnc1COc1ccc(NC(=O)C=Cc2cc(C(F)(F)F)ccc2Cl)cc1. The Balaban J connectivity index is 1.59. The predicted octanol–water partition coefficient (Wildman–Crippen LogP) is 5.32. The van der Waals surface area contributed by atoms with Crippen LogP contribution < -0.4 is 10.1 Å². The van der Waals surface area contributed by atoms with Gasteiger partial charge < -0.3 is 14.6 Å². The van der Waals surface area contributed by atoms with Crippen molar-refractivity contribution in [1.82, 2.24) is 9.55 Å². The van der Waals surface area contributed by atoms with E-state index in [-0.39, 0.29) is 10.6 Å². The van der Waals surface area contributed by atoms with Gasteiger partial charge in [0.25, 0.3) is 0 Å². The van der Waals surface area contributed by atoms with E-state index in [1.807, 2.05) is 17.8 Å². The summed E-state index contributed by atoms with van der Waals surface area (Å²) in [4.78, 5) is 16.2. The third-order valence-corrected chi connectivity index (χ3v) is 4.49. The van der Waals surface area contributed by atoms with E-state index in [4.69, 9.17) is 16.3 Å². The van der Waals surface area contributed by atoms with Gasteiger partial charge in [0.15, 0.2) is 0 Å². The van der Waals surface area contributed by atoms with Gasteiger partial charge >= 0.3 is 6.18 Å². The average Bonchev–Trinajstić information content (AvgIpc) is 3.11. The van der Waals surface area contributed by atoms with Crippen molar-refractivity contribution in [1.29, 1.82) is 0 Å². The zero-order valence-corrected chi connectivity index (χ0v) is 16.5. The van der Waals surface area contributed by atoms with Crippen molar-refractivity contribution in [3.63, 3.8) is 0 Å². The van der Waals surface area contributed by atoms with Crippen molar-refractivity contribution in [3.05, 3.63) is 82.9 Å². The number of benzene rings is 2. The van der Waals surface area contributed by atoms with Crippen molar-refractivity contribution >= 4 is 29.3 Å². The summed E-state index contributed by atoms with van der Waals surface area (Å²) < 4.78 is 45.9. The Bertz CT molecular complexity index is 1060. The second-order valence-corrected chi connectivity index (χ2v) is 6.73. The highest BCUT2D eigenvalue weighted by molar-refractivity contribution is 6.32. The number of nitrogens with one attached hydrogen (secondary N) is 1. The summed E-state index contributed by atoms with van der Waals surface area (Å²) in [6.07, 6.45) is 1.36. The Morgan fingerprint density at radius 3 is 2.60 bits per heavy atom. The number of hydrogen-bond acceptors (Lipinski definition) is 3. The van der Waals surface area contributed by atoms with Crippen molar-refractivity contribution in [3.8, 4) is 5.75 Å². The number of ether oxygens (including phenoxy) is 1. The van der Waals surface area contributed by atoms with Crippen LogP contribution in [-0.4, -0.2) is 15.5 Å². The molecule has 0 saturated heterocycles. The first-order valence-electron chi connectivity index (χ1n) is 8.77. The third kappa shape index (κ3) is 5.64. The summed E-state index contributed by atoms with van der Waals surface area (Å²) in [5.41, 5.74) is -0.239. The number of carbonyl (C=O) groups is 1. The fourth-order valence-electron chi connectivity index (χ4n) is 2.52. The van der Waals surface area contributed by atoms with Crippen LogP contribution in [0.15, 0.2) is 60.9 Å². The Labute approximate surface area is 175 Å². The number of anilines is 1. The van der Waals surface area contributed by atoms with E-state index in [1.54, 1.807) is 30.5 Å². The zero-order valence-electron chi connectivity index (χ0n) is 15.8. The molecule has 3 aromatic rings. The molecule has 0 saturated carbocycles. The molecule has 156 valence electrons. The summed E-state index contributed by atoms with van der Waals surface area (Å²) in [7, 11) is 1.87. The number of nitrogens with zero attached hydrogens (tertiary/aromatic N) is 2. The second-order valence-electron chi connectivity index (χ2n) is 6.32. The van der Waals surface area contributed by atoms with Gasteiger partial charge in [-0.3, -0.25) is 4.79 Å². The number of hydrogen-bond donors (Lipinski definition) is 1. The minimum Gasteiger partial charge on any atom is -0.486 e. The molecule has 1 heterocycles. The van der Waals surface area contributed by atoms with Gasteiger partial charge in [0.05, 0.1) is 5.56 Å². The fraction of sp³-hybridized carbons (Fsp3) is 0.143. The van der Waals surface area contributed by atoms with E-state index in [0.717, 1.165) is 30.1 Å². The van der Waals surface area contributed by atoms with E-state index in [0.29, 0.717) is 18.0 Å².